The molecular weight excluding hydrogens is 284 g/mol. The van der Waals surface area contributed by atoms with Crippen LogP contribution in [0.5, 0.6) is 0 Å². The van der Waals surface area contributed by atoms with Gasteiger partial charge in [0.25, 0.3) is 0 Å². The van der Waals surface area contributed by atoms with Crippen LogP contribution in [0, 0.1) is 6.92 Å². The minimum Gasteiger partial charge on any atom is -0.466 e. The Morgan fingerprint density at radius 2 is 1.48 bits per heavy atom. The second-order valence-corrected chi connectivity index (χ2v) is 4.40. The van der Waals surface area contributed by atoms with E-state index in [-0.39, 0.29) is 0 Å². The van der Waals surface area contributed by atoms with Gasteiger partial charge in [0, 0.05) is 6.08 Å². The molecule has 0 unspecified atom stereocenters. The molecule has 0 bridgehead atoms. The van der Waals surface area contributed by atoms with Gasteiger partial charge in [0.05, 0.1) is 7.11 Å². The summed E-state index contributed by atoms with van der Waals surface area (Å²) < 4.78 is 4.14. The Kier molecular flexibility index (Phi) is 11.2. The van der Waals surface area contributed by atoms with Crippen LogP contribution in [0.3, 0.4) is 0 Å². The molecule has 2 heteroatoms. The third-order valence-corrected chi connectivity index (χ3v) is 2.81. The molecule has 0 heterocycles. The van der Waals surface area contributed by atoms with E-state index >= 15 is 0 Å². The van der Waals surface area contributed by atoms with Gasteiger partial charge in [0.1, 0.15) is 0 Å². The summed E-state index contributed by atoms with van der Waals surface area (Å²) in [6.07, 6.45) is 4.81. The summed E-state index contributed by atoms with van der Waals surface area (Å²) in [6, 6.07) is 18.2. The Morgan fingerprint density at radius 3 is 1.78 bits per heavy atom. The van der Waals surface area contributed by atoms with Crippen LogP contribution in [0.15, 0.2) is 80.4 Å². The predicted octanol–water partition coefficient (Wildman–Crippen LogP) is 5.31. The normalized spacial score (nSPS) is 8.26. The number of benzene rings is 2. The summed E-state index contributed by atoms with van der Waals surface area (Å²) in [5.41, 5.74) is 3.68. The van der Waals surface area contributed by atoms with Crippen LogP contribution in [-0.4, -0.2) is 13.1 Å². The summed E-state index contributed by atoms with van der Waals surface area (Å²) in [6.45, 7) is 12.6. The molecule has 0 saturated carbocycles. The highest BCUT2D eigenvalue weighted by atomic mass is 16.5. The molecule has 0 aliphatic heterocycles. The lowest BCUT2D eigenvalue weighted by atomic mass is 10.1. The van der Waals surface area contributed by atoms with E-state index in [4.69, 9.17) is 0 Å². The summed E-state index contributed by atoms with van der Waals surface area (Å²) in [5, 5.41) is 0. The van der Waals surface area contributed by atoms with Crippen molar-refractivity contribution in [2.45, 2.75) is 6.92 Å². The molecule has 2 aromatic carbocycles. The largest absolute Gasteiger partial charge is 0.466 e. The zero-order valence-corrected chi connectivity index (χ0v) is 13.9. The van der Waals surface area contributed by atoms with Crippen molar-refractivity contribution in [3.63, 3.8) is 0 Å². The molecule has 0 aliphatic carbocycles. The predicted molar refractivity (Wildman–Crippen MR) is 100 cm³/mol. The first-order valence-corrected chi connectivity index (χ1v) is 7.15. The van der Waals surface area contributed by atoms with Crippen molar-refractivity contribution < 1.29 is 9.53 Å². The van der Waals surface area contributed by atoms with Crippen molar-refractivity contribution in [3.05, 3.63) is 97.1 Å². The average molecular weight is 308 g/mol. The van der Waals surface area contributed by atoms with Gasteiger partial charge in [-0.15, -0.1) is 0 Å². The number of esters is 1. The number of rotatable bonds is 3. The zero-order valence-electron chi connectivity index (χ0n) is 13.9. The molecule has 2 nitrogen and oxygen atoms in total. The first-order valence-electron chi connectivity index (χ1n) is 7.15. The number of aryl methyl sites for hydroxylation is 1. The molecule has 120 valence electrons. The maximum absolute atomic E-state index is 9.84. The van der Waals surface area contributed by atoms with Crippen molar-refractivity contribution >= 4 is 18.1 Å². The van der Waals surface area contributed by atoms with Crippen molar-refractivity contribution in [1.29, 1.82) is 0 Å². The Morgan fingerprint density at radius 1 is 0.913 bits per heavy atom. The minimum atomic E-state index is -0.394. The van der Waals surface area contributed by atoms with E-state index in [1.165, 1.54) is 23.8 Å². The third kappa shape index (κ3) is 9.64. The average Bonchev–Trinajstić information content (AvgIpc) is 2.63. The fourth-order valence-corrected chi connectivity index (χ4v) is 1.49. The zero-order chi connectivity index (χ0) is 17.5. The summed E-state index contributed by atoms with van der Waals surface area (Å²) >= 11 is 0. The fraction of sp³-hybridized carbons (Fsp3) is 0.0952. The standard InChI is InChI=1S/C9H10.C8H8.C4H6O2/c1-3-9-7-5-4-6-8(9)2;1-2-8-6-4-3-5-7-8;1-3-4(5)6-2/h3-7H,1H2,2H3;2-7H,1H2;3H,1H2,2H3. The molecule has 0 amide bonds. The molecule has 2 rings (SSSR count). The third-order valence-electron chi connectivity index (χ3n) is 2.81. The van der Waals surface area contributed by atoms with Gasteiger partial charge >= 0.3 is 5.97 Å². The summed E-state index contributed by atoms with van der Waals surface area (Å²) in [4.78, 5) is 9.84. The van der Waals surface area contributed by atoms with Gasteiger partial charge in [-0.3, -0.25) is 0 Å². The van der Waals surface area contributed by atoms with Crippen LogP contribution in [0.2, 0.25) is 0 Å². The lowest BCUT2D eigenvalue weighted by Crippen LogP contribution is -1.91. The minimum absolute atomic E-state index is 0.394. The summed E-state index contributed by atoms with van der Waals surface area (Å²) in [7, 11) is 1.31. The number of carbonyl (C=O) groups is 1. The highest BCUT2D eigenvalue weighted by Gasteiger charge is 1.86. The van der Waals surface area contributed by atoms with Gasteiger partial charge < -0.3 is 4.74 Å². The Balaban J connectivity index is 0.000000323. The summed E-state index contributed by atoms with van der Waals surface area (Å²) in [5.74, 6) is -0.394. The molecule has 0 spiro atoms. The second kappa shape index (κ2) is 12.8. The van der Waals surface area contributed by atoms with Gasteiger partial charge in [-0.25, -0.2) is 4.79 Å². The van der Waals surface area contributed by atoms with E-state index in [0.29, 0.717) is 0 Å². The molecule has 0 fully saturated rings. The SMILES string of the molecule is C=CC(=O)OC.C=Cc1ccccc1.C=Cc1ccccc1C. The fourth-order valence-electron chi connectivity index (χ4n) is 1.49. The van der Waals surface area contributed by atoms with E-state index in [9.17, 15) is 4.79 Å². The highest BCUT2D eigenvalue weighted by Crippen LogP contribution is 2.06. The topological polar surface area (TPSA) is 26.3 Å². The molecular formula is C21H24O2. The van der Waals surface area contributed by atoms with Crippen molar-refractivity contribution in [2.75, 3.05) is 7.11 Å². The van der Waals surface area contributed by atoms with Gasteiger partial charge in [0.15, 0.2) is 0 Å². The number of hydrogen-bond donors (Lipinski definition) is 0. The van der Waals surface area contributed by atoms with Gasteiger partial charge in [-0.2, -0.15) is 0 Å². The number of ether oxygens (including phenoxy) is 1. The highest BCUT2D eigenvalue weighted by molar-refractivity contribution is 5.80. The lowest BCUT2D eigenvalue weighted by molar-refractivity contribution is -0.134. The lowest BCUT2D eigenvalue weighted by Gasteiger charge is -1.95. The van der Waals surface area contributed by atoms with Gasteiger partial charge in [0.2, 0.25) is 0 Å². The van der Waals surface area contributed by atoms with E-state index in [1.54, 1.807) is 0 Å². The smallest absolute Gasteiger partial charge is 0.329 e. The Bertz CT molecular complexity index is 613. The van der Waals surface area contributed by atoms with E-state index in [1.807, 2.05) is 54.6 Å². The molecule has 0 aliphatic rings. The molecule has 0 N–H and O–H groups in total. The first kappa shape index (κ1) is 20.1. The van der Waals surface area contributed by atoms with Crippen LogP contribution in [0.1, 0.15) is 16.7 Å². The Labute approximate surface area is 139 Å². The van der Waals surface area contributed by atoms with Crippen LogP contribution in [0.4, 0.5) is 0 Å². The number of methoxy groups -OCH3 is 1. The van der Waals surface area contributed by atoms with Crippen LogP contribution in [0.25, 0.3) is 12.2 Å². The van der Waals surface area contributed by atoms with Gasteiger partial charge in [-0.1, -0.05) is 86.5 Å². The van der Waals surface area contributed by atoms with E-state index in [2.05, 4.69) is 43.5 Å². The Hall–Kier alpha value is -2.87. The van der Waals surface area contributed by atoms with Crippen LogP contribution in [-0.2, 0) is 9.53 Å². The van der Waals surface area contributed by atoms with Crippen LogP contribution >= 0.6 is 0 Å². The molecule has 0 atom stereocenters. The van der Waals surface area contributed by atoms with Crippen molar-refractivity contribution in [2.24, 2.45) is 0 Å². The molecule has 0 radical (unpaired) electrons. The maximum Gasteiger partial charge on any atom is 0.329 e. The van der Waals surface area contributed by atoms with E-state index in [0.717, 1.165) is 6.08 Å². The second-order valence-electron chi connectivity index (χ2n) is 4.40. The molecule has 2 aromatic rings. The molecule has 0 saturated heterocycles. The van der Waals surface area contributed by atoms with Gasteiger partial charge in [-0.05, 0) is 23.6 Å². The van der Waals surface area contributed by atoms with E-state index < -0.39 is 5.97 Å². The molecule has 0 aromatic heterocycles. The monoisotopic (exact) mass is 308 g/mol. The first-order chi connectivity index (χ1) is 11.1. The molecule has 23 heavy (non-hydrogen) atoms. The van der Waals surface area contributed by atoms with Crippen LogP contribution < -0.4 is 0 Å². The maximum atomic E-state index is 9.84. The number of carbonyl (C=O) groups excluding carboxylic acids is 1. The van der Waals surface area contributed by atoms with Crippen molar-refractivity contribution in [1.82, 2.24) is 0 Å². The quantitative estimate of drug-likeness (QED) is 0.567. The van der Waals surface area contributed by atoms with Crippen molar-refractivity contribution in [3.8, 4) is 0 Å². The number of hydrogen-bond acceptors (Lipinski definition) is 2.